The maximum absolute atomic E-state index is 11.8. The summed E-state index contributed by atoms with van der Waals surface area (Å²) < 4.78 is 0. The molecule has 0 radical (unpaired) electrons. The van der Waals surface area contributed by atoms with E-state index in [4.69, 9.17) is 9.98 Å². The lowest BCUT2D eigenvalue weighted by Gasteiger charge is -2.34. The van der Waals surface area contributed by atoms with Crippen LogP contribution in [0, 0.1) is 0 Å². The summed E-state index contributed by atoms with van der Waals surface area (Å²) >= 11 is 0. The number of H-pyrrole nitrogens is 1. The minimum Gasteiger partial charge on any atom is -0.481 e. The molecule has 4 N–H and O–H groups in total. The second-order valence-corrected chi connectivity index (χ2v) is 10.6. The van der Waals surface area contributed by atoms with Gasteiger partial charge in [0, 0.05) is 29.2 Å². The van der Waals surface area contributed by atoms with Crippen LogP contribution in [0.25, 0.3) is 12.2 Å². The van der Waals surface area contributed by atoms with Gasteiger partial charge < -0.3 is 20.5 Å². The zero-order valence-corrected chi connectivity index (χ0v) is 22.1. The summed E-state index contributed by atoms with van der Waals surface area (Å²) in [6, 6.07) is 3.94. The standard InChI is InChI=1S/C30H32N4O4/c1-17-15-29(4)16-23-8-7-21(32-23)13-20-5-6-22(31-20)14-25-18(2)24(9-10-26(35)36)30(33-25,12-11-27(37)38)19(3)28(17)34-29/h5-8,13-16,31,34H,9-12H2,1-4H3,(H,35,36)(H,37,38)/b20-13-,22-14-,23-16-,28-19?. The molecule has 0 saturated heterocycles. The van der Waals surface area contributed by atoms with E-state index in [2.05, 4.69) is 29.4 Å². The number of nitrogens with zero attached hydrogens (tertiary/aromatic N) is 2. The molecule has 4 aliphatic rings. The second-order valence-electron chi connectivity index (χ2n) is 10.6. The number of carbonyl (C=O) groups is 2. The van der Waals surface area contributed by atoms with Crippen molar-refractivity contribution in [1.29, 1.82) is 0 Å². The number of nitrogens with one attached hydrogen (secondary N) is 2. The molecule has 2 atom stereocenters. The summed E-state index contributed by atoms with van der Waals surface area (Å²) in [5.74, 6) is -1.82. The Morgan fingerprint density at radius 3 is 2.39 bits per heavy atom. The van der Waals surface area contributed by atoms with Gasteiger partial charge in [0.15, 0.2) is 0 Å². The van der Waals surface area contributed by atoms with E-state index >= 15 is 0 Å². The van der Waals surface area contributed by atoms with Gasteiger partial charge in [-0.1, -0.05) is 6.08 Å². The highest BCUT2D eigenvalue weighted by atomic mass is 16.4. The fraction of sp³-hybridized carbons (Fsp3) is 0.333. The van der Waals surface area contributed by atoms with Gasteiger partial charge in [-0.15, -0.1) is 0 Å². The van der Waals surface area contributed by atoms with Crippen molar-refractivity contribution in [3.05, 3.63) is 80.8 Å². The molecule has 0 saturated carbocycles. The zero-order chi connectivity index (χ0) is 27.2. The number of hydrogen-bond donors (Lipinski definition) is 4. The highest BCUT2D eigenvalue weighted by Gasteiger charge is 2.44. The van der Waals surface area contributed by atoms with Crippen LogP contribution in [-0.2, 0) is 9.59 Å². The lowest BCUT2D eigenvalue weighted by atomic mass is 9.76. The van der Waals surface area contributed by atoms with Crippen molar-refractivity contribution < 1.29 is 19.8 Å². The second kappa shape index (κ2) is 9.28. The van der Waals surface area contributed by atoms with Crippen LogP contribution in [0.5, 0.6) is 0 Å². The number of rotatable bonds is 6. The first-order valence-corrected chi connectivity index (χ1v) is 12.8. The van der Waals surface area contributed by atoms with Crippen molar-refractivity contribution >= 4 is 35.5 Å². The maximum Gasteiger partial charge on any atom is 0.303 e. The number of aromatic nitrogens is 1. The molecule has 1 aromatic heterocycles. The Morgan fingerprint density at radius 1 is 0.974 bits per heavy atom. The van der Waals surface area contributed by atoms with E-state index in [1.54, 1.807) is 0 Å². The van der Waals surface area contributed by atoms with Crippen LogP contribution in [0.1, 0.15) is 53.4 Å². The van der Waals surface area contributed by atoms with Gasteiger partial charge >= 0.3 is 11.9 Å². The lowest BCUT2D eigenvalue weighted by Crippen LogP contribution is -2.37. The van der Waals surface area contributed by atoms with Crippen LogP contribution in [0.15, 0.2) is 80.1 Å². The van der Waals surface area contributed by atoms with Crippen LogP contribution in [0.2, 0.25) is 0 Å². The molecule has 4 aliphatic heterocycles. The number of carboxylic acid groups (broad SMARTS) is 2. The number of hydrogen-bond acceptors (Lipinski definition) is 5. The minimum atomic E-state index is -0.975. The molecule has 0 fully saturated rings. The van der Waals surface area contributed by atoms with E-state index in [0.29, 0.717) is 0 Å². The summed E-state index contributed by atoms with van der Waals surface area (Å²) in [4.78, 5) is 36.8. The van der Waals surface area contributed by atoms with E-state index in [1.807, 2.05) is 57.2 Å². The average molecular weight is 513 g/mol. The summed E-state index contributed by atoms with van der Waals surface area (Å²) in [7, 11) is 0. The Balaban J connectivity index is 1.79. The highest BCUT2D eigenvalue weighted by molar-refractivity contribution is 6.22. The molecule has 8 bridgehead atoms. The first-order chi connectivity index (χ1) is 18.0. The normalized spacial score (nSPS) is 28.9. The van der Waals surface area contributed by atoms with Crippen LogP contribution in [-0.4, -0.2) is 49.6 Å². The van der Waals surface area contributed by atoms with Crippen LogP contribution in [0.3, 0.4) is 0 Å². The number of carboxylic acids is 2. The van der Waals surface area contributed by atoms with Crippen LogP contribution >= 0.6 is 0 Å². The molecule has 0 spiro atoms. The average Bonchev–Trinajstić information content (AvgIpc) is 3.59. The maximum atomic E-state index is 11.8. The molecule has 38 heavy (non-hydrogen) atoms. The predicted molar refractivity (Wildman–Crippen MR) is 148 cm³/mol. The van der Waals surface area contributed by atoms with Gasteiger partial charge in [-0.25, -0.2) is 4.99 Å². The minimum absolute atomic E-state index is 0.0625. The molecule has 5 rings (SSSR count). The summed E-state index contributed by atoms with van der Waals surface area (Å²) in [5, 5.41) is 24.6. The Labute approximate surface area is 221 Å². The van der Waals surface area contributed by atoms with Crippen molar-refractivity contribution in [1.82, 2.24) is 10.3 Å². The Hall–Kier alpha value is -4.20. The first kappa shape index (κ1) is 25.4. The zero-order valence-electron chi connectivity index (χ0n) is 22.1. The summed E-state index contributed by atoms with van der Waals surface area (Å²) in [6.07, 6.45) is 12.5. The fourth-order valence-electron chi connectivity index (χ4n) is 5.95. The molecule has 2 unspecified atom stereocenters. The molecule has 8 heteroatoms. The third-order valence-corrected chi connectivity index (χ3v) is 7.69. The number of aromatic amines is 1. The first-order valence-electron chi connectivity index (χ1n) is 12.8. The van der Waals surface area contributed by atoms with Gasteiger partial charge in [0.2, 0.25) is 0 Å². The van der Waals surface area contributed by atoms with Gasteiger partial charge in [-0.2, -0.15) is 0 Å². The Kier molecular flexibility index (Phi) is 6.21. The smallest absolute Gasteiger partial charge is 0.303 e. The largest absolute Gasteiger partial charge is 0.481 e. The Morgan fingerprint density at radius 2 is 1.68 bits per heavy atom. The molecule has 0 aliphatic carbocycles. The molecule has 0 amide bonds. The van der Waals surface area contributed by atoms with E-state index < -0.39 is 23.0 Å². The van der Waals surface area contributed by atoms with Gasteiger partial charge in [0.1, 0.15) is 5.54 Å². The topological polar surface area (TPSA) is 127 Å². The number of fused-ring (bicyclic) bond motifs is 6. The molecule has 196 valence electrons. The number of aliphatic carboxylic acids is 2. The van der Waals surface area contributed by atoms with Gasteiger partial charge in [0.25, 0.3) is 0 Å². The van der Waals surface area contributed by atoms with Gasteiger partial charge in [-0.05, 0) is 105 Å². The third-order valence-electron chi connectivity index (χ3n) is 7.69. The fourth-order valence-corrected chi connectivity index (χ4v) is 5.95. The molecule has 5 heterocycles. The molecule has 0 aromatic carbocycles. The lowest BCUT2D eigenvalue weighted by molar-refractivity contribution is -0.138. The molecular weight excluding hydrogens is 480 g/mol. The Bertz CT molecular complexity index is 1590. The van der Waals surface area contributed by atoms with E-state index in [9.17, 15) is 19.8 Å². The van der Waals surface area contributed by atoms with Crippen LogP contribution in [0.4, 0.5) is 0 Å². The monoisotopic (exact) mass is 512 g/mol. The SMILES string of the molecule is CC1=CC2(C)/C=C3/C=CC(=N3)/C=c3/cc/c([nH]3)=C/C3=NC(CCC(=O)O)(C(C)=C1N2)C(CCC(=O)O)=C3C. The van der Waals surface area contributed by atoms with Gasteiger partial charge in [0.05, 0.1) is 22.7 Å². The quantitative estimate of drug-likeness (QED) is 0.465. The van der Waals surface area contributed by atoms with E-state index in [1.165, 1.54) is 0 Å². The molecule has 1 aromatic rings. The van der Waals surface area contributed by atoms with Gasteiger partial charge in [-0.3, -0.25) is 14.6 Å². The summed E-state index contributed by atoms with van der Waals surface area (Å²) in [5.41, 5.74) is 5.48. The van der Waals surface area contributed by atoms with E-state index in [0.717, 1.165) is 55.8 Å². The predicted octanol–water partition coefficient (Wildman–Crippen LogP) is 3.31. The number of aliphatic imine (C=N–C) groups is 2. The molecule has 8 nitrogen and oxygen atoms in total. The van der Waals surface area contributed by atoms with Crippen molar-refractivity contribution in [3.8, 4) is 0 Å². The third kappa shape index (κ3) is 4.62. The van der Waals surface area contributed by atoms with Crippen molar-refractivity contribution in [2.24, 2.45) is 9.98 Å². The van der Waals surface area contributed by atoms with E-state index in [-0.39, 0.29) is 25.7 Å². The number of allylic oxidation sites excluding steroid dienone is 4. The molecular formula is C30H32N4O4. The highest BCUT2D eigenvalue weighted by Crippen LogP contribution is 2.46. The van der Waals surface area contributed by atoms with Crippen molar-refractivity contribution in [3.63, 3.8) is 0 Å². The van der Waals surface area contributed by atoms with Crippen molar-refractivity contribution in [2.45, 2.75) is 64.5 Å². The van der Waals surface area contributed by atoms with Crippen LogP contribution < -0.4 is 16.0 Å². The van der Waals surface area contributed by atoms with Crippen molar-refractivity contribution in [2.75, 3.05) is 0 Å². The summed E-state index contributed by atoms with van der Waals surface area (Å²) in [6.45, 7) is 8.04.